The molecule has 2 aromatic heterocycles. The van der Waals surface area contributed by atoms with E-state index in [1.165, 1.54) is 0 Å². The summed E-state index contributed by atoms with van der Waals surface area (Å²) >= 11 is 14.0. The summed E-state index contributed by atoms with van der Waals surface area (Å²) in [5.74, 6) is -0.143. The van der Waals surface area contributed by atoms with E-state index >= 15 is 0 Å². The molecule has 0 saturated carbocycles. The number of aromatic nitrogens is 1. The van der Waals surface area contributed by atoms with Gasteiger partial charge in [-0.25, -0.2) is 5.43 Å². The van der Waals surface area contributed by atoms with E-state index in [2.05, 4.69) is 10.5 Å². The van der Waals surface area contributed by atoms with Gasteiger partial charge in [-0.2, -0.15) is 5.10 Å². The molecule has 0 fully saturated rings. The summed E-state index contributed by atoms with van der Waals surface area (Å²) in [6.07, 6.45) is 1.97. The maximum Gasteiger partial charge on any atom is 0.245 e. The number of thiophene rings is 1. The van der Waals surface area contributed by atoms with Crippen molar-refractivity contribution in [2.75, 3.05) is 0 Å². The number of carbonyl (C=O) groups is 1. The second kappa shape index (κ2) is 8.08. The Morgan fingerprint density at radius 3 is 2.81 bits per heavy atom. The SMILES string of the molecule is Cc1cc(/C=N\NC(=O)Cc2cccs2)c(C)n1-c1cccc(Cl)c1Cl. The quantitative estimate of drug-likeness (QED) is 0.462. The largest absolute Gasteiger partial charge is 0.316 e. The van der Waals surface area contributed by atoms with Crippen molar-refractivity contribution in [2.45, 2.75) is 20.3 Å². The van der Waals surface area contributed by atoms with Crippen LogP contribution in [0.1, 0.15) is 21.8 Å². The zero-order valence-electron chi connectivity index (χ0n) is 14.3. The number of benzene rings is 1. The van der Waals surface area contributed by atoms with E-state index in [9.17, 15) is 4.79 Å². The Labute approximate surface area is 166 Å². The number of hydrogen-bond acceptors (Lipinski definition) is 3. The molecule has 7 heteroatoms. The second-order valence-electron chi connectivity index (χ2n) is 5.78. The van der Waals surface area contributed by atoms with E-state index in [1.807, 2.05) is 54.1 Å². The highest BCUT2D eigenvalue weighted by atomic mass is 35.5. The van der Waals surface area contributed by atoms with Crippen LogP contribution in [-0.4, -0.2) is 16.7 Å². The van der Waals surface area contributed by atoms with Crippen LogP contribution in [0.25, 0.3) is 5.69 Å². The molecule has 0 bridgehead atoms. The van der Waals surface area contributed by atoms with Gasteiger partial charge in [0.25, 0.3) is 0 Å². The molecule has 0 aliphatic carbocycles. The highest BCUT2D eigenvalue weighted by Crippen LogP contribution is 2.31. The molecule has 0 aliphatic heterocycles. The first-order valence-electron chi connectivity index (χ1n) is 7.95. The molecule has 0 aliphatic rings. The van der Waals surface area contributed by atoms with Crippen LogP contribution in [0.3, 0.4) is 0 Å². The number of halogens is 2. The molecule has 0 unspecified atom stereocenters. The molecule has 0 spiro atoms. The summed E-state index contributed by atoms with van der Waals surface area (Å²) in [6.45, 7) is 3.95. The molecule has 3 aromatic rings. The van der Waals surface area contributed by atoms with E-state index in [-0.39, 0.29) is 5.91 Å². The second-order valence-corrected chi connectivity index (χ2v) is 7.60. The third-order valence-electron chi connectivity index (χ3n) is 3.95. The van der Waals surface area contributed by atoms with E-state index in [1.54, 1.807) is 23.6 Å². The van der Waals surface area contributed by atoms with Crippen LogP contribution in [-0.2, 0) is 11.2 Å². The van der Waals surface area contributed by atoms with Crippen molar-refractivity contribution < 1.29 is 4.79 Å². The van der Waals surface area contributed by atoms with Crippen molar-refractivity contribution in [3.05, 3.63) is 73.7 Å². The predicted molar refractivity (Wildman–Crippen MR) is 109 cm³/mol. The molecule has 0 saturated heterocycles. The highest BCUT2D eigenvalue weighted by molar-refractivity contribution is 7.10. The van der Waals surface area contributed by atoms with Gasteiger partial charge in [-0.05, 0) is 43.5 Å². The Hall–Kier alpha value is -2.08. The average molecular weight is 406 g/mol. The number of nitrogens with zero attached hydrogens (tertiary/aromatic N) is 2. The van der Waals surface area contributed by atoms with Gasteiger partial charge in [-0.3, -0.25) is 4.79 Å². The summed E-state index contributed by atoms with van der Waals surface area (Å²) in [5.41, 5.74) is 6.24. The maximum atomic E-state index is 11.9. The van der Waals surface area contributed by atoms with E-state index < -0.39 is 0 Å². The van der Waals surface area contributed by atoms with Crippen LogP contribution in [0.4, 0.5) is 0 Å². The zero-order valence-corrected chi connectivity index (χ0v) is 16.6. The molecule has 1 amide bonds. The summed E-state index contributed by atoms with van der Waals surface area (Å²) in [7, 11) is 0. The predicted octanol–water partition coefficient (Wildman–Crippen LogP) is 5.16. The van der Waals surface area contributed by atoms with E-state index in [0.29, 0.717) is 16.5 Å². The molecular weight excluding hydrogens is 389 g/mol. The van der Waals surface area contributed by atoms with Gasteiger partial charge < -0.3 is 4.57 Å². The van der Waals surface area contributed by atoms with Crippen LogP contribution in [0.5, 0.6) is 0 Å². The first kappa shape index (κ1) is 18.7. The number of aryl methyl sites for hydroxylation is 1. The molecule has 1 aromatic carbocycles. The molecule has 26 heavy (non-hydrogen) atoms. The Morgan fingerprint density at radius 2 is 2.08 bits per heavy atom. The van der Waals surface area contributed by atoms with Crippen LogP contribution in [0, 0.1) is 13.8 Å². The first-order valence-corrected chi connectivity index (χ1v) is 9.58. The Morgan fingerprint density at radius 1 is 1.27 bits per heavy atom. The van der Waals surface area contributed by atoms with Gasteiger partial charge >= 0.3 is 0 Å². The number of rotatable bonds is 5. The topological polar surface area (TPSA) is 46.4 Å². The molecule has 2 heterocycles. The van der Waals surface area contributed by atoms with Crippen LogP contribution in [0.2, 0.25) is 10.0 Å². The fourth-order valence-electron chi connectivity index (χ4n) is 2.74. The number of hydrogen-bond donors (Lipinski definition) is 1. The van der Waals surface area contributed by atoms with Crippen molar-refractivity contribution in [1.82, 2.24) is 9.99 Å². The summed E-state index contributed by atoms with van der Waals surface area (Å²) in [5, 5.41) is 7.04. The third-order valence-corrected chi connectivity index (χ3v) is 5.64. The lowest BCUT2D eigenvalue weighted by Gasteiger charge is -2.12. The van der Waals surface area contributed by atoms with E-state index in [0.717, 1.165) is 27.5 Å². The highest BCUT2D eigenvalue weighted by Gasteiger charge is 2.13. The van der Waals surface area contributed by atoms with Gasteiger partial charge in [0.05, 0.1) is 28.4 Å². The monoisotopic (exact) mass is 405 g/mol. The van der Waals surface area contributed by atoms with Gasteiger partial charge in [0, 0.05) is 21.8 Å². The molecule has 3 rings (SSSR count). The number of hydrazone groups is 1. The molecule has 4 nitrogen and oxygen atoms in total. The fraction of sp³-hybridized carbons (Fsp3) is 0.158. The summed E-state index contributed by atoms with van der Waals surface area (Å²) in [4.78, 5) is 12.9. The standard InChI is InChI=1S/C19H17Cl2N3OS/c1-12-9-14(11-22-23-18(25)10-15-5-4-8-26-15)13(2)24(12)17-7-3-6-16(20)19(17)21/h3-9,11H,10H2,1-2H3,(H,23,25)/b22-11-. The smallest absolute Gasteiger partial charge is 0.245 e. The number of nitrogens with one attached hydrogen (secondary N) is 1. The molecule has 1 N–H and O–H groups in total. The minimum atomic E-state index is -0.143. The van der Waals surface area contributed by atoms with Crippen molar-refractivity contribution in [3.8, 4) is 5.69 Å². The maximum absolute atomic E-state index is 11.9. The van der Waals surface area contributed by atoms with Gasteiger partial charge in [-0.15, -0.1) is 11.3 Å². The van der Waals surface area contributed by atoms with Crippen LogP contribution >= 0.6 is 34.5 Å². The zero-order chi connectivity index (χ0) is 18.7. The Balaban J connectivity index is 1.77. The summed E-state index contributed by atoms with van der Waals surface area (Å²) in [6, 6.07) is 11.4. The Bertz CT molecular complexity index is 962. The van der Waals surface area contributed by atoms with Crippen molar-refractivity contribution in [2.24, 2.45) is 5.10 Å². The molecule has 0 atom stereocenters. The van der Waals surface area contributed by atoms with Crippen molar-refractivity contribution in [3.63, 3.8) is 0 Å². The number of carbonyl (C=O) groups excluding carboxylic acids is 1. The average Bonchev–Trinajstić information content (AvgIpc) is 3.19. The van der Waals surface area contributed by atoms with Crippen molar-refractivity contribution in [1.29, 1.82) is 0 Å². The van der Waals surface area contributed by atoms with E-state index in [4.69, 9.17) is 23.2 Å². The minimum Gasteiger partial charge on any atom is -0.316 e. The molecule has 0 radical (unpaired) electrons. The van der Waals surface area contributed by atoms with Crippen LogP contribution in [0.15, 0.2) is 46.9 Å². The number of amides is 1. The van der Waals surface area contributed by atoms with Crippen molar-refractivity contribution >= 4 is 46.7 Å². The molecule has 134 valence electrons. The normalized spacial score (nSPS) is 11.2. The lowest BCUT2D eigenvalue weighted by molar-refractivity contribution is -0.120. The van der Waals surface area contributed by atoms with Gasteiger partial charge in [0.2, 0.25) is 5.91 Å². The van der Waals surface area contributed by atoms with Gasteiger partial charge in [-0.1, -0.05) is 35.3 Å². The minimum absolute atomic E-state index is 0.143. The lowest BCUT2D eigenvalue weighted by atomic mass is 10.2. The van der Waals surface area contributed by atoms with Gasteiger partial charge in [0.1, 0.15) is 0 Å². The Kier molecular flexibility index (Phi) is 5.81. The molecular formula is C19H17Cl2N3OS. The van der Waals surface area contributed by atoms with Crippen LogP contribution < -0.4 is 5.43 Å². The first-order chi connectivity index (χ1) is 12.5. The summed E-state index contributed by atoms with van der Waals surface area (Å²) < 4.78 is 2.02. The fourth-order valence-corrected chi connectivity index (χ4v) is 3.82. The van der Waals surface area contributed by atoms with Gasteiger partial charge in [0.15, 0.2) is 0 Å². The third kappa shape index (κ3) is 4.01. The lowest BCUT2D eigenvalue weighted by Crippen LogP contribution is -2.19.